The van der Waals surface area contributed by atoms with E-state index < -0.39 is 0 Å². The van der Waals surface area contributed by atoms with Gasteiger partial charge in [-0.05, 0) is 51.0 Å². The Morgan fingerprint density at radius 2 is 1.85 bits per heavy atom. The highest BCUT2D eigenvalue weighted by atomic mass is 16.2. The summed E-state index contributed by atoms with van der Waals surface area (Å²) in [4.78, 5) is 29.0. The van der Waals surface area contributed by atoms with Crippen LogP contribution in [0.2, 0.25) is 0 Å². The third-order valence-electron chi connectivity index (χ3n) is 4.31. The summed E-state index contributed by atoms with van der Waals surface area (Å²) in [5, 5.41) is 12.7. The Bertz CT molecular complexity index is 1040. The molecule has 0 saturated heterocycles. The quantitative estimate of drug-likeness (QED) is 0.663. The summed E-state index contributed by atoms with van der Waals surface area (Å²) in [5.41, 5.74) is 3.82. The van der Waals surface area contributed by atoms with Gasteiger partial charge < -0.3 is 16.0 Å². The highest BCUT2D eigenvalue weighted by molar-refractivity contribution is 6.08. The van der Waals surface area contributed by atoms with Gasteiger partial charge in [0.2, 0.25) is 0 Å². The Balaban J connectivity index is 1.51. The van der Waals surface area contributed by atoms with Crippen molar-refractivity contribution in [3.05, 3.63) is 53.5 Å². The van der Waals surface area contributed by atoms with Gasteiger partial charge in [0.25, 0.3) is 5.91 Å². The van der Waals surface area contributed by atoms with Gasteiger partial charge in [-0.1, -0.05) is 6.07 Å². The third kappa shape index (κ3) is 3.74. The lowest BCUT2D eigenvalue weighted by atomic mass is 10.2. The molecule has 1 saturated carbocycles. The summed E-state index contributed by atoms with van der Waals surface area (Å²) in [5.74, 6) is -0.304. The Morgan fingerprint density at radius 3 is 2.59 bits per heavy atom. The predicted molar refractivity (Wildman–Crippen MR) is 102 cm³/mol. The van der Waals surface area contributed by atoms with E-state index >= 15 is 0 Å². The van der Waals surface area contributed by atoms with Crippen molar-refractivity contribution in [1.82, 2.24) is 19.9 Å². The third-order valence-corrected chi connectivity index (χ3v) is 4.31. The van der Waals surface area contributed by atoms with Crippen LogP contribution in [-0.2, 0) is 0 Å². The van der Waals surface area contributed by atoms with Crippen molar-refractivity contribution in [1.29, 1.82) is 0 Å². The molecule has 0 radical (unpaired) electrons. The first-order valence-electron chi connectivity index (χ1n) is 8.80. The van der Waals surface area contributed by atoms with Crippen LogP contribution in [0.25, 0.3) is 5.65 Å². The molecule has 0 atom stereocenters. The zero-order chi connectivity index (χ0) is 19.0. The van der Waals surface area contributed by atoms with Crippen LogP contribution in [0.1, 0.15) is 34.6 Å². The smallest absolute Gasteiger partial charge is 0.319 e. The highest BCUT2D eigenvalue weighted by Gasteiger charge is 2.23. The average molecular weight is 364 g/mol. The fourth-order valence-electron chi connectivity index (χ4n) is 2.88. The molecule has 8 heteroatoms. The van der Waals surface area contributed by atoms with Crippen LogP contribution in [0.4, 0.5) is 16.2 Å². The monoisotopic (exact) mass is 364 g/mol. The van der Waals surface area contributed by atoms with E-state index in [2.05, 4.69) is 26.0 Å². The zero-order valence-electron chi connectivity index (χ0n) is 15.1. The second-order valence-electron chi connectivity index (χ2n) is 6.74. The summed E-state index contributed by atoms with van der Waals surface area (Å²) in [7, 11) is 0. The number of aromatic nitrogens is 3. The number of nitrogens with one attached hydrogen (secondary N) is 3. The van der Waals surface area contributed by atoms with Gasteiger partial charge in [-0.25, -0.2) is 14.3 Å². The molecule has 0 aliphatic heterocycles. The van der Waals surface area contributed by atoms with Gasteiger partial charge in [-0.15, -0.1) is 0 Å². The lowest BCUT2D eigenvalue weighted by molar-refractivity contribution is 0.102. The second-order valence-corrected chi connectivity index (χ2v) is 6.74. The SMILES string of the molecule is Cc1cc(C)n2ncc(C(=O)Nc3cccc(NC(=O)NC4CC4)c3)c2n1. The summed E-state index contributed by atoms with van der Waals surface area (Å²) < 4.78 is 1.64. The second kappa shape index (κ2) is 6.71. The number of nitrogens with zero attached hydrogens (tertiary/aromatic N) is 3. The van der Waals surface area contributed by atoms with E-state index in [1.807, 2.05) is 19.9 Å². The van der Waals surface area contributed by atoms with Gasteiger partial charge in [0.05, 0.1) is 6.20 Å². The number of urea groups is 1. The van der Waals surface area contributed by atoms with E-state index in [1.165, 1.54) is 6.20 Å². The standard InChI is InChI=1S/C19H20N6O2/c1-11-8-12(2)25-17(21-11)16(10-20-25)18(26)22-14-4-3-5-15(9-14)24-19(27)23-13-6-7-13/h3-5,8-10,13H,6-7H2,1-2H3,(H,22,26)(H2,23,24,27). The topological polar surface area (TPSA) is 100 Å². The molecule has 3 N–H and O–H groups in total. The van der Waals surface area contributed by atoms with Crippen molar-refractivity contribution >= 4 is 29.0 Å². The van der Waals surface area contributed by atoms with Gasteiger partial charge >= 0.3 is 6.03 Å². The van der Waals surface area contributed by atoms with Crippen LogP contribution in [0.15, 0.2) is 36.5 Å². The fourth-order valence-corrected chi connectivity index (χ4v) is 2.88. The van der Waals surface area contributed by atoms with Gasteiger partial charge in [-0.3, -0.25) is 4.79 Å². The van der Waals surface area contributed by atoms with Gasteiger partial charge in [-0.2, -0.15) is 5.10 Å². The molecule has 0 bridgehead atoms. The summed E-state index contributed by atoms with van der Waals surface area (Å²) in [6, 6.07) is 8.96. The number of benzene rings is 1. The number of carbonyl (C=O) groups is 2. The van der Waals surface area contributed by atoms with E-state index in [1.54, 1.807) is 28.8 Å². The van der Waals surface area contributed by atoms with Crippen LogP contribution < -0.4 is 16.0 Å². The van der Waals surface area contributed by atoms with Crippen molar-refractivity contribution in [2.45, 2.75) is 32.7 Å². The largest absolute Gasteiger partial charge is 0.335 e. The van der Waals surface area contributed by atoms with E-state index in [0.29, 0.717) is 22.6 Å². The highest BCUT2D eigenvalue weighted by Crippen LogP contribution is 2.20. The first kappa shape index (κ1) is 17.0. The maximum absolute atomic E-state index is 12.7. The van der Waals surface area contributed by atoms with Crippen molar-refractivity contribution in [2.75, 3.05) is 10.6 Å². The van der Waals surface area contributed by atoms with Gasteiger partial charge in [0.1, 0.15) is 5.56 Å². The number of aryl methyl sites for hydroxylation is 2. The number of hydrogen-bond acceptors (Lipinski definition) is 4. The van der Waals surface area contributed by atoms with E-state index in [0.717, 1.165) is 24.2 Å². The molecule has 1 aromatic carbocycles. The number of fused-ring (bicyclic) bond motifs is 1. The van der Waals surface area contributed by atoms with Crippen LogP contribution in [0.3, 0.4) is 0 Å². The van der Waals surface area contributed by atoms with Crippen LogP contribution in [-0.4, -0.2) is 32.6 Å². The Morgan fingerprint density at radius 1 is 1.11 bits per heavy atom. The predicted octanol–water partition coefficient (Wildman–Crippen LogP) is 2.88. The number of hydrogen-bond donors (Lipinski definition) is 3. The molecular weight excluding hydrogens is 344 g/mol. The maximum atomic E-state index is 12.7. The fraction of sp³-hybridized carbons (Fsp3) is 0.263. The van der Waals surface area contributed by atoms with E-state index in [4.69, 9.17) is 0 Å². The van der Waals surface area contributed by atoms with Crippen LogP contribution in [0.5, 0.6) is 0 Å². The molecular formula is C19H20N6O2. The van der Waals surface area contributed by atoms with E-state index in [9.17, 15) is 9.59 Å². The van der Waals surface area contributed by atoms with E-state index in [-0.39, 0.29) is 18.0 Å². The molecule has 4 rings (SSSR count). The molecule has 138 valence electrons. The molecule has 0 unspecified atom stereocenters. The maximum Gasteiger partial charge on any atom is 0.319 e. The zero-order valence-corrected chi connectivity index (χ0v) is 15.1. The normalized spacial score (nSPS) is 13.4. The van der Waals surface area contributed by atoms with Gasteiger partial charge in [0, 0.05) is 28.8 Å². The summed E-state index contributed by atoms with van der Waals surface area (Å²) in [6.07, 6.45) is 3.56. The first-order valence-corrected chi connectivity index (χ1v) is 8.80. The molecule has 1 aliphatic rings. The minimum absolute atomic E-state index is 0.237. The number of anilines is 2. The van der Waals surface area contributed by atoms with Crippen molar-refractivity contribution in [3.63, 3.8) is 0 Å². The molecule has 1 fully saturated rings. The van der Waals surface area contributed by atoms with Crippen molar-refractivity contribution in [2.24, 2.45) is 0 Å². The molecule has 8 nitrogen and oxygen atoms in total. The Labute approximate surface area is 156 Å². The minimum atomic E-state index is -0.304. The van der Waals surface area contributed by atoms with Crippen LogP contribution >= 0.6 is 0 Å². The lowest BCUT2D eigenvalue weighted by Gasteiger charge is -2.09. The molecule has 2 aromatic heterocycles. The molecule has 3 aromatic rings. The lowest BCUT2D eigenvalue weighted by Crippen LogP contribution is -2.30. The molecule has 3 amide bonds. The Kier molecular flexibility index (Phi) is 4.23. The minimum Gasteiger partial charge on any atom is -0.335 e. The molecule has 2 heterocycles. The summed E-state index contributed by atoms with van der Waals surface area (Å²) in [6.45, 7) is 3.79. The number of carbonyl (C=O) groups excluding carboxylic acids is 2. The average Bonchev–Trinajstić information content (AvgIpc) is 3.30. The van der Waals surface area contributed by atoms with Crippen LogP contribution in [0, 0.1) is 13.8 Å². The first-order chi connectivity index (χ1) is 13.0. The molecule has 0 spiro atoms. The molecule has 27 heavy (non-hydrogen) atoms. The number of amides is 3. The molecule has 1 aliphatic carbocycles. The van der Waals surface area contributed by atoms with Crippen molar-refractivity contribution < 1.29 is 9.59 Å². The van der Waals surface area contributed by atoms with Gasteiger partial charge in [0.15, 0.2) is 5.65 Å². The van der Waals surface area contributed by atoms with Crippen molar-refractivity contribution in [3.8, 4) is 0 Å². The number of rotatable bonds is 4. The summed E-state index contributed by atoms with van der Waals surface area (Å²) >= 11 is 0. The Hall–Kier alpha value is -3.42.